The van der Waals surface area contributed by atoms with Crippen molar-refractivity contribution in [2.75, 3.05) is 6.61 Å². The average molecular weight is 269 g/mol. The molecule has 5 heteroatoms. The Labute approximate surface area is 109 Å². The highest BCUT2D eigenvalue weighted by Gasteiger charge is 2.18. The van der Waals surface area contributed by atoms with Crippen LogP contribution in [-0.2, 0) is 10.0 Å². The van der Waals surface area contributed by atoms with E-state index in [-0.39, 0.29) is 4.90 Å². The van der Waals surface area contributed by atoms with Gasteiger partial charge in [-0.1, -0.05) is 19.6 Å². The van der Waals surface area contributed by atoms with Gasteiger partial charge in [0.25, 0.3) is 0 Å². The van der Waals surface area contributed by atoms with Gasteiger partial charge in [0, 0.05) is 0 Å². The first-order chi connectivity index (χ1) is 8.25. The first kappa shape index (κ1) is 14.7. The molecular formula is C13H19NO3S. The first-order valence-electron chi connectivity index (χ1n) is 5.69. The van der Waals surface area contributed by atoms with Crippen molar-refractivity contribution in [3.05, 3.63) is 35.4 Å². The summed E-state index contributed by atoms with van der Waals surface area (Å²) < 4.78 is 28.6. The summed E-state index contributed by atoms with van der Waals surface area (Å²) in [4.78, 5) is 0.0314. The number of primary sulfonamides is 1. The molecule has 2 N–H and O–H groups in total. The molecule has 0 bridgehead atoms. The maximum absolute atomic E-state index is 11.5. The predicted octanol–water partition coefficient (Wildman–Crippen LogP) is 2.30. The molecule has 0 aromatic heterocycles. The van der Waals surface area contributed by atoms with Crippen LogP contribution < -0.4 is 9.88 Å². The van der Waals surface area contributed by atoms with Crippen molar-refractivity contribution in [1.29, 1.82) is 0 Å². The lowest BCUT2D eigenvalue weighted by Gasteiger charge is -2.14. The van der Waals surface area contributed by atoms with Gasteiger partial charge < -0.3 is 4.74 Å². The predicted molar refractivity (Wildman–Crippen MR) is 72.2 cm³/mol. The van der Waals surface area contributed by atoms with Crippen LogP contribution in [0.25, 0.3) is 0 Å². The summed E-state index contributed by atoms with van der Waals surface area (Å²) >= 11 is 0. The van der Waals surface area contributed by atoms with Gasteiger partial charge in [-0.15, -0.1) is 0 Å². The number of hydrogen-bond acceptors (Lipinski definition) is 3. The number of benzene rings is 1. The van der Waals surface area contributed by atoms with Crippen LogP contribution in [0.3, 0.4) is 0 Å². The van der Waals surface area contributed by atoms with Crippen molar-refractivity contribution in [1.82, 2.24) is 0 Å². The van der Waals surface area contributed by atoms with E-state index in [2.05, 4.69) is 6.58 Å². The van der Waals surface area contributed by atoms with Crippen molar-refractivity contribution in [3.8, 4) is 5.75 Å². The topological polar surface area (TPSA) is 69.4 Å². The van der Waals surface area contributed by atoms with Crippen molar-refractivity contribution in [3.63, 3.8) is 0 Å². The summed E-state index contributed by atoms with van der Waals surface area (Å²) in [5, 5.41) is 5.20. The molecule has 0 saturated carbocycles. The number of rotatable bonds is 5. The number of sulfonamides is 1. The van der Waals surface area contributed by atoms with E-state index in [9.17, 15) is 8.42 Å². The largest absolute Gasteiger partial charge is 0.488 e. The Morgan fingerprint density at radius 1 is 1.39 bits per heavy atom. The number of hydrogen-bond donors (Lipinski definition) is 1. The standard InChI is InChI=1S/C13H19NO3S/c1-5-9(2)8-17-13-11(4)6-10(3)7-12(13)18(14,15)16/h6-7H,2,5,8H2,1,3-4H3,(H2,14,15,16). The van der Waals surface area contributed by atoms with Gasteiger partial charge in [-0.25, -0.2) is 13.6 Å². The minimum atomic E-state index is -3.79. The smallest absolute Gasteiger partial charge is 0.241 e. The van der Waals surface area contributed by atoms with Gasteiger partial charge in [-0.2, -0.15) is 0 Å². The number of ether oxygens (including phenoxy) is 1. The molecule has 0 spiro atoms. The minimum Gasteiger partial charge on any atom is -0.488 e. The van der Waals surface area contributed by atoms with Gasteiger partial charge in [0.2, 0.25) is 10.0 Å². The van der Waals surface area contributed by atoms with E-state index in [0.29, 0.717) is 12.4 Å². The number of aryl methyl sites for hydroxylation is 2. The van der Waals surface area contributed by atoms with Crippen molar-refractivity contribution in [2.45, 2.75) is 32.1 Å². The second kappa shape index (κ2) is 5.54. The molecule has 0 heterocycles. The van der Waals surface area contributed by atoms with E-state index in [1.165, 1.54) is 6.07 Å². The molecular weight excluding hydrogens is 250 g/mol. The van der Waals surface area contributed by atoms with Gasteiger partial charge >= 0.3 is 0 Å². The summed E-state index contributed by atoms with van der Waals surface area (Å²) in [7, 11) is -3.79. The zero-order valence-corrected chi connectivity index (χ0v) is 11.8. The zero-order chi connectivity index (χ0) is 13.9. The molecule has 18 heavy (non-hydrogen) atoms. The molecule has 0 saturated heterocycles. The quantitative estimate of drug-likeness (QED) is 0.834. The normalized spacial score (nSPS) is 11.3. The molecule has 1 aromatic carbocycles. The summed E-state index contributed by atoms with van der Waals surface area (Å²) in [6.45, 7) is 9.70. The van der Waals surface area contributed by atoms with E-state index in [1.807, 2.05) is 19.9 Å². The van der Waals surface area contributed by atoms with Crippen LogP contribution in [0, 0.1) is 13.8 Å². The summed E-state index contributed by atoms with van der Waals surface area (Å²) in [6.07, 6.45) is 0.787. The van der Waals surface area contributed by atoms with Crippen LogP contribution in [0.2, 0.25) is 0 Å². The van der Waals surface area contributed by atoms with E-state index < -0.39 is 10.0 Å². The molecule has 0 atom stereocenters. The maximum atomic E-state index is 11.5. The van der Waals surface area contributed by atoms with E-state index in [4.69, 9.17) is 9.88 Å². The molecule has 0 unspecified atom stereocenters. The molecule has 0 fully saturated rings. The third kappa shape index (κ3) is 3.58. The minimum absolute atomic E-state index is 0.0314. The molecule has 0 aliphatic carbocycles. The van der Waals surface area contributed by atoms with Gasteiger partial charge in [0.1, 0.15) is 17.3 Å². The summed E-state index contributed by atoms with van der Waals surface area (Å²) in [5.74, 6) is 0.317. The summed E-state index contributed by atoms with van der Waals surface area (Å²) in [5.41, 5.74) is 2.48. The highest BCUT2D eigenvalue weighted by molar-refractivity contribution is 7.89. The third-order valence-electron chi connectivity index (χ3n) is 2.61. The lowest BCUT2D eigenvalue weighted by Crippen LogP contribution is -2.15. The fourth-order valence-corrected chi connectivity index (χ4v) is 2.42. The molecule has 1 aromatic rings. The Bertz CT molecular complexity index is 562. The van der Waals surface area contributed by atoms with Crippen molar-refractivity contribution >= 4 is 10.0 Å². The second-order valence-corrected chi connectivity index (χ2v) is 5.88. The highest BCUT2D eigenvalue weighted by atomic mass is 32.2. The number of nitrogens with two attached hydrogens (primary N) is 1. The molecule has 0 radical (unpaired) electrons. The molecule has 0 amide bonds. The Kier molecular flexibility index (Phi) is 4.53. The van der Waals surface area contributed by atoms with Crippen LogP contribution in [-0.4, -0.2) is 15.0 Å². The Morgan fingerprint density at radius 2 is 2.00 bits per heavy atom. The SMILES string of the molecule is C=C(CC)COc1c(C)cc(C)cc1S(N)(=O)=O. The Morgan fingerprint density at radius 3 is 2.50 bits per heavy atom. The van der Waals surface area contributed by atoms with E-state index in [0.717, 1.165) is 23.1 Å². The van der Waals surface area contributed by atoms with Crippen LogP contribution in [0.4, 0.5) is 0 Å². The fraction of sp³-hybridized carbons (Fsp3) is 0.385. The van der Waals surface area contributed by atoms with Gasteiger partial charge in [-0.3, -0.25) is 0 Å². The Balaban J connectivity index is 3.21. The van der Waals surface area contributed by atoms with E-state index in [1.54, 1.807) is 6.92 Å². The van der Waals surface area contributed by atoms with Crippen LogP contribution in [0.1, 0.15) is 24.5 Å². The van der Waals surface area contributed by atoms with Crippen LogP contribution in [0.5, 0.6) is 5.75 Å². The monoisotopic (exact) mass is 269 g/mol. The lowest BCUT2D eigenvalue weighted by molar-refractivity contribution is 0.337. The van der Waals surface area contributed by atoms with Gasteiger partial charge in [0.05, 0.1) is 0 Å². The van der Waals surface area contributed by atoms with Crippen LogP contribution in [0.15, 0.2) is 29.2 Å². The van der Waals surface area contributed by atoms with Crippen molar-refractivity contribution < 1.29 is 13.2 Å². The average Bonchev–Trinajstić information content (AvgIpc) is 2.25. The fourth-order valence-electron chi connectivity index (χ4n) is 1.59. The maximum Gasteiger partial charge on any atom is 0.241 e. The molecule has 0 aliphatic rings. The molecule has 100 valence electrons. The first-order valence-corrected chi connectivity index (χ1v) is 7.23. The lowest BCUT2D eigenvalue weighted by atomic mass is 10.1. The van der Waals surface area contributed by atoms with Crippen molar-refractivity contribution in [2.24, 2.45) is 5.14 Å². The van der Waals surface area contributed by atoms with Crippen LogP contribution >= 0.6 is 0 Å². The zero-order valence-electron chi connectivity index (χ0n) is 11.0. The molecule has 0 aliphatic heterocycles. The third-order valence-corrected chi connectivity index (χ3v) is 3.53. The second-order valence-electron chi connectivity index (χ2n) is 4.35. The van der Waals surface area contributed by atoms with E-state index >= 15 is 0 Å². The Hall–Kier alpha value is -1.33. The highest BCUT2D eigenvalue weighted by Crippen LogP contribution is 2.29. The molecule has 4 nitrogen and oxygen atoms in total. The molecule has 1 rings (SSSR count). The van der Waals surface area contributed by atoms with Gasteiger partial charge in [0.15, 0.2) is 0 Å². The summed E-state index contributed by atoms with van der Waals surface area (Å²) in [6, 6.07) is 3.38. The van der Waals surface area contributed by atoms with Gasteiger partial charge in [-0.05, 0) is 43.0 Å².